The van der Waals surface area contributed by atoms with Crippen LogP contribution in [0.4, 0.5) is 0 Å². The van der Waals surface area contributed by atoms with Crippen LogP contribution in [-0.4, -0.2) is 14.5 Å². The third kappa shape index (κ3) is 4.29. The van der Waals surface area contributed by atoms with Gasteiger partial charge in [0.2, 0.25) is 0 Å². The molecule has 0 saturated carbocycles. The lowest BCUT2D eigenvalue weighted by Crippen LogP contribution is -1.96. The maximum absolute atomic E-state index is 5.19. The molecule has 3 nitrogen and oxygen atoms in total. The van der Waals surface area contributed by atoms with E-state index in [9.17, 15) is 0 Å². The molecule has 0 saturated heterocycles. The van der Waals surface area contributed by atoms with Crippen molar-refractivity contribution in [1.29, 1.82) is 0 Å². The molecule has 0 aliphatic heterocycles. The minimum absolute atomic E-state index is 0.879. The molecule has 210 valence electrons. The van der Waals surface area contributed by atoms with Crippen LogP contribution in [0, 0.1) is 0 Å². The molecule has 0 amide bonds. The van der Waals surface area contributed by atoms with Crippen molar-refractivity contribution in [2.24, 2.45) is 0 Å². The topological polar surface area (TPSA) is 30.7 Å². The van der Waals surface area contributed by atoms with Crippen molar-refractivity contribution >= 4 is 43.6 Å². The largest absolute Gasteiger partial charge is 0.309 e. The monoisotopic (exact) mass is 573 g/mol. The molecule has 0 bridgehead atoms. The van der Waals surface area contributed by atoms with Crippen LogP contribution in [0.3, 0.4) is 0 Å². The minimum atomic E-state index is 0.879. The van der Waals surface area contributed by atoms with Gasteiger partial charge >= 0.3 is 0 Å². The van der Waals surface area contributed by atoms with Crippen molar-refractivity contribution < 1.29 is 0 Å². The fraction of sp³-hybridized carbons (Fsp3) is 0. The third-order valence-corrected chi connectivity index (χ3v) is 8.76. The summed E-state index contributed by atoms with van der Waals surface area (Å²) in [5.74, 6) is 0. The molecule has 0 N–H and O–H groups in total. The molecule has 0 unspecified atom stereocenters. The number of nitrogens with zero attached hydrogens (tertiary/aromatic N) is 3. The first-order chi connectivity index (χ1) is 22.3. The van der Waals surface area contributed by atoms with Gasteiger partial charge in [-0.05, 0) is 64.4 Å². The molecule has 0 fully saturated rings. The smallest absolute Gasteiger partial charge is 0.0973 e. The van der Waals surface area contributed by atoms with Crippen molar-refractivity contribution in [3.05, 3.63) is 164 Å². The SMILES string of the molecule is c1ccc(-c2nc3ccc(-c4ccc(-n5c6ccccc6c6cc7ccccc7cc65)cc4)cc3nc2-c2ccccc2)cc1. The van der Waals surface area contributed by atoms with Crippen LogP contribution >= 0.6 is 0 Å². The van der Waals surface area contributed by atoms with Crippen LogP contribution < -0.4 is 0 Å². The maximum atomic E-state index is 5.19. The number of hydrogen-bond acceptors (Lipinski definition) is 2. The molecule has 7 aromatic carbocycles. The average Bonchev–Trinajstić information content (AvgIpc) is 3.43. The van der Waals surface area contributed by atoms with Crippen molar-refractivity contribution in [1.82, 2.24) is 14.5 Å². The Morgan fingerprint density at radius 1 is 0.356 bits per heavy atom. The highest BCUT2D eigenvalue weighted by atomic mass is 15.0. The van der Waals surface area contributed by atoms with Crippen LogP contribution in [0.5, 0.6) is 0 Å². The Balaban J connectivity index is 1.16. The van der Waals surface area contributed by atoms with Gasteiger partial charge in [0.25, 0.3) is 0 Å². The second kappa shape index (κ2) is 10.3. The number of aromatic nitrogens is 3. The van der Waals surface area contributed by atoms with Gasteiger partial charge in [-0.15, -0.1) is 0 Å². The average molecular weight is 574 g/mol. The Kier molecular flexibility index (Phi) is 5.82. The molecule has 0 spiro atoms. The van der Waals surface area contributed by atoms with Gasteiger partial charge in [0, 0.05) is 27.6 Å². The molecular weight excluding hydrogens is 546 g/mol. The zero-order valence-electron chi connectivity index (χ0n) is 24.4. The van der Waals surface area contributed by atoms with Gasteiger partial charge < -0.3 is 4.57 Å². The van der Waals surface area contributed by atoms with E-state index in [1.54, 1.807) is 0 Å². The van der Waals surface area contributed by atoms with E-state index in [4.69, 9.17) is 9.97 Å². The Bertz CT molecular complexity index is 2510. The van der Waals surface area contributed by atoms with Crippen LogP contribution in [0.15, 0.2) is 164 Å². The molecule has 2 aromatic heterocycles. The molecule has 0 aliphatic carbocycles. The van der Waals surface area contributed by atoms with E-state index in [-0.39, 0.29) is 0 Å². The van der Waals surface area contributed by atoms with Crippen molar-refractivity contribution in [3.8, 4) is 39.3 Å². The first kappa shape index (κ1) is 25.4. The van der Waals surface area contributed by atoms with Crippen molar-refractivity contribution in [3.63, 3.8) is 0 Å². The summed E-state index contributed by atoms with van der Waals surface area (Å²) in [5.41, 5.74) is 11.5. The molecule has 9 aromatic rings. The summed E-state index contributed by atoms with van der Waals surface area (Å²) in [5, 5.41) is 5.03. The Labute approximate surface area is 260 Å². The molecule has 2 heterocycles. The number of hydrogen-bond donors (Lipinski definition) is 0. The highest BCUT2D eigenvalue weighted by Crippen LogP contribution is 2.36. The lowest BCUT2D eigenvalue weighted by atomic mass is 10.0. The summed E-state index contributed by atoms with van der Waals surface area (Å²) >= 11 is 0. The van der Waals surface area contributed by atoms with Crippen LogP contribution in [0.1, 0.15) is 0 Å². The molecule has 45 heavy (non-hydrogen) atoms. The second-order valence-electron chi connectivity index (χ2n) is 11.5. The van der Waals surface area contributed by atoms with E-state index in [1.807, 2.05) is 36.4 Å². The van der Waals surface area contributed by atoms with Gasteiger partial charge in [0.1, 0.15) is 0 Å². The Morgan fingerprint density at radius 3 is 1.64 bits per heavy atom. The number of rotatable bonds is 4. The normalized spacial score (nSPS) is 11.6. The summed E-state index contributed by atoms with van der Waals surface area (Å²) < 4.78 is 2.38. The lowest BCUT2D eigenvalue weighted by Gasteiger charge is -2.12. The summed E-state index contributed by atoms with van der Waals surface area (Å²) in [6.45, 7) is 0. The van der Waals surface area contributed by atoms with E-state index in [2.05, 4.69) is 132 Å². The fourth-order valence-corrected chi connectivity index (χ4v) is 6.56. The molecule has 0 atom stereocenters. The second-order valence-corrected chi connectivity index (χ2v) is 11.5. The van der Waals surface area contributed by atoms with Crippen molar-refractivity contribution in [2.45, 2.75) is 0 Å². The van der Waals surface area contributed by atoms with E-state index in [0.29, 0.717) is 0 Å². The van der Waals surface area contributed by atoms with Gasteiger partial charge in [0.05, 0.1) is 33.5 Å². The fourth-order valence-electron chi connectivity index (χ4n) is 6.56. The highest BCUT2D eigenvalue weighted by molar-refractivity contribution is 6.13. The molecular formula is C42H27N3. The van der Waals surface area contributed by atoms with Crippen LogP contribution in [0.25, 0.3) is 82.9 Å². The predicted molar refractivity (Wildman–Crippen MR) is 188 cm³/mol. The quantitative estimate of drug-likeness (QED) is 0.210. The summed E-state index contributed by atoms with van der Waals surface area (Å²) in [6.07, 6.45) is 0. The van der Waals surface area contributed by atoms with Gasteiger partial charge in [-0.2, -0.15) is 0 Å². The van der Waals surface area contributed by atoms with E-state index < -0.39 is 0 Å². The van der Waals surface area contributed by atoms with Gasteiger partial charge in [0.15, 0.2) is 0 Å². The number of benzene rings is 7. The van der Waals surface area contributed by atoms with Gasteiger partial charge in [-0.25, -0.2) is 9.97 Å². The summed E-state index contributed by atoms with van der Waals surface area (Å²) in [4.78, 5) is 10.3. The van der Waals surface area contributed by atoms with Crippen LogP contribution in [0.2, 0.25) is 0 Å². The van der Waals surface area contributed by atoms with E-state index >= 15 is 0 Å². The van der Waals surface area contributed by atoms with E-state index in [0.717, 1.165) is 50.4 Å². The summed E-state index contributed by atoms with van der Waals surface area (Å²) in [7, 11) is 0. The molecule has 3 heteroatoms. The number of fused-ring (bicyclic) bond motifs is 5. The minimum Gasteiger partial charge on any atom is -0.309 e. The predicted octanol–water partition coefficient (Wildman–Crippen LogP) is 10.9. The Hall–Kier alpha value is -6.06. The maximum Gasteiger partial charge on any atom is 0.0973 e. The lowest BCUT2D eigenvalue weighted by molar-refractivity contribution is 1.18. The zero-order chi connectivity index (χ0) is 29.7. The third-order valence-electron chi connectivity index (χ3n) is 8.76. The van der Waals surface area contributed by atoms with E-state index in [1.165, 1.54) is 32.6 Å². The highest BCUT2D eigenvalue weighted by Gasteiger charge is 2.15. The summed E-state index contributed by atoms with van der Waals surface area (Å²) in [6, 6.07) is 57.8. The van der Waals surface area contributed by atoms with Gasteiger partial charge in [-0.1, -0.05) is 121 Å². The zero-order valence-corrected chi connectivity index (χ0v) is 24.4. The number of para-hydroxylation sites is 1. The van der Waals surface area contributed by atoms with Gasteiger partial charge in [-0.3, -0.25) is 0 Å². The Morgan fingerprint density at radius 2 is 0.933 bits per heavy atom. The van der Waals surface area contributed by atoms with Crippen LogP contribution in [-0.2, 0) is 0 Å². The first-order valence-corrected chi connectivity index (χ1v) is 15.3. The molecule has 9 rings (SSSR count). The molecule has 0 radical (unpaired) electrons. The molecule has 0 aliphatic rings. The first-order valence-electron chi connectivity index (χ1n) is 15.3. The van der Waals surface area contributed by atoms with Crippen molar-refractivity contribution in [2.75, 3.05) is 0 Å². The standard InChI is InChI=1S/C42H27N3/c1-3-11-29(12-4-1)41-42(30-13-5-2-6-14-30)44-38-26-33(21-24-37(38)43-41)28-19-22-34(23-20-28)45-39-18-10-9-17-35(39)36-25-31-15-7-8-16-32(31)27-40(36)45/h1-27H.